The van der Waals surface area contributed by atoms with E-state index in [4.69, 9.17) is 13.8 Å². The van der Waals surface area contributed by atoms with Crippen molar-refractivity contribution in [2.45, 2.75) is 0 Å². The number of aromatic nitrogens is 1. The summed E-state index contributed by atoms with van der Waals surface area (Å²) in [4.78, 5) is 14.9. The first-order chi connectivity index (χ1) is 12.2. The van der Waals surface area contributed by atoms with Crippen molar-refractivity contribution < 1.29 is 18.3 Å². The number of hydrogen-bond acceptors (Lipinski definition) is 5. The van der Waals surface area contributed by atoms with Crippen molar-refractivity contribution in [3.63, 3.8) is 0 Å². The molecular formula is C18H17NO5P+. The van der Waals surface area contributed by atoms with Gasteiger partial charge in [0.2, 0.25) is 0 Å². The fourth-order valence-corrected chi connectivity index (χ4v) is 2.94. The van der Waals surface area contributed by atoms with Crippen molar-refractivity contribution in [2.24, 2.45) is 0 Å². The van der Waals surface area contributed by atoms with Gasteiger partial charge in [-0.05, 0) is 34.5 Å². The van der Waals surface area contributed by atoms with Gasteiger partial charge in [0.1, 0.15) is 6.61 Å². The Morgan fingerprint density at radius 2 is 1.80 bits per heavy atom. The molecule has 2 aromatic carbocycles. The minimum absolute atomic E-state index is 0.0527. The van der Waals surface area contributed by atoms with Gasteiger partial charge < -0.3 is 9.72 Å². The van der Waals surface area contributed by atoms with Crippen LogP contribution in [-0.4, -0.2) is 25.3 Å². The van der Waals surface area contributed by atoms with E-state index in [0.717, 1.165) is 16.3 Å². The van der Waals surface area contributed by atoms with E-state index in [1.807, 2.05) is 42.5 Å². The molecule has 3 rings (SSSR count). The number of fused-ring (bicyclic) bond motifs is 1. The van der Waals surface area contributed by atoms with Gasteiger partial charge in [0.25, 0.3) is 11.3 Å². The van der Waals surface area contributed by atoms with Crippen molar-refractivity contribution >= 4 is 19.0 Å². The highest BCUT2D eigenvalue weighted by Crippen LogP contribution is 2.27. The van der Waals surface area contributed by atoms with Gasteiger partial charge in [0.15, 0.2) is 0 Å². The summed E-state index contributed by atoms with van der Waals surface area (Å²) in [5.74, 6) is -0.0527. The molecule has 0 fully saturated rings. The highest BCUT2D eigenvalue weighted by Gasteiger charge is 2.24. The molecule has 7 heteroatoms. The smallest absolute Gasteiger partial charge is 0.382 e. The molecule has 1 heterocycles. The highest BCUT2D eigenvalue weighted by atomic mass is 31.1. The van der Waals surface area contributed by atoms with Crippen LogP contribution in [0, 0.1) is 0 Å². The first-order valence-corrected chi connectivity index (χ1v) is 8.76. The summed E-state index contributed by atoms with van der Waals surface area (Å²) in [6.07, 6.45) is 0. The van der Waals surface area contributed by atoms with E-state index in [0.29, 0.717) is 12.3 Å². The monoisotopic (exact) mass is 358 g/mol. The third-order valence-corrected chi connectivity index (χ3v) is 4.33. The molecule has 0 aliphatic heterocycles. The Morgan fingerprint density at radius 3 is 2.56 bits per heavy atom. The van der Waals surface area contributed by atoms with E-state index in [2.05, 4.69) is 4.98 Å². The molecule has 0 aliphatic carbocycles. The fourth-order valence-electron chi connectivity index (χ4n) is 2.36. The van der Waals surface area contributed by atoms with Crippen LogP contribution < -0.4 is 10.1 Å². The van der Waals surface area contributed by atoms with Crippen LogP contribution in [0.2, 0.25) is 0 Å². The summed E-state index contributed by atoms with van der Waals surface area (Å²) in [6, 6.07) is 17.1. The van der Waals surface area contributed by atoms with Crippen LogP contribution in [0.15, 0.2) is 59.4 Å². The normalized spacial score (nSPS) is 11.5. The van der Waals surface area contributed by atoms with Gasteiger partial charge >= 0.3 is 8.25 Å². The van der Waals surface area contributed by atoms with Crippen molar-refractivity contribution in [1.82, 2.24) is 4.98 Å². The number of aromatic amines is 1. The van der Waals surface area contributed by atoms with Crippen LogP contribution in [-0.2, 0) is 13.8 Å². The molecule has 128 valence electrons. The number of pyridine rings is 1. The maximum absolute atomic E-state index is 12.2. The van der Waals surface area contributed by atoms with E-state index in [-0.39, 0.29) is 12.4 Å². The molecule has 1 unspecified atom stereocenters. The maximum atomic E-state index is 12.2. The number of methoxy groups -OCH3 is 1. The Labute approximate surface area is 145 Å². The zero-order valence-corrected chi connectivity index (χ0v) is 14.5. The van der Waals surface area contributed by atoms with E-state index < -0.39 is 13.8 Å². The molecule has 0 spiro atoms. The molecule has 0 aliphatic rings. The quantitative estimate of drug-likeness (QED) is 0.512. The predicted octanol–water partition coefficient (Wildman–Crippen LogP) is 3.89. The van der Waals surface area contributed by atoms with E-state index in [1.165, 1.54) is 13.2 Å². The Morgan fingerprint density at radius 1 is 1.00 bits per heavy atom. The lowest BCUT2D eigenvalue weighted by Crippen LogP contribution is -2.09. The van der Waals surface area contributed by atoms with Crippen molar-refractivity contribution in [3.05, 3.63) is 65.0 Å². The Kier molecular flexibility index (Phi) is 5.56. The topological polar surface area (TPSA) is 77.6 Å². The molecular weight excluding hydrogens is 341 g/mol. The molecule has 3 aromatic rings. The lowest BCUT2D eigenvalue weighted by Gasteiger charge is -2.04. The average Bonchev–Trinajstić information content (AvgIpc) is 2.63. The van der Waals surface area contributed by atoms with Gasteiger partial charge in [-0.2, -0.15) is 0 Å². The van der Waals surface area contributed by atoms with Gasteiger partial charge in [-0.25, -0.2) is 4.52 Å². The third kappa shape index (κ3) is 4.31. The summed E-state index contributed by atoms with van der Waals surface area (Å²) in [5.41, 5.74) is 1.06. The Balaban J connectivity index is 1.79. The fraction of sp³-hybridized carbons (Fsp3) is 0.167. The lowest BCUT2D eigenvalue weighted by molar-refractivity contribution is 0.144. The van der Waals surface area contributed by atoms with Crippen LogP contribution in [0.4, 0.5) is 0 Å². The molecule has 0 bridgehead atoms. The summed E-state index contributed by atoms with van der Waals surface area (Å²) in [6.45, 7) is 0.417. The molecule has 0 saturated carbocycles. The van der Waals surface area contributed by atoms with Crippen molar-refractivity contribution in [1.29, 1.82) is 0 Å². The van der Waals surface area contributed by atoms with Crippen LogP contribution in [0.5, 0.6) is 5.75 Å². The molecule has 1 N–H and O–H groups in total. The first kappa shape index (κ1) is 17.3. The molecule has 0 saturated heterocycles. The van der Waals surface area contributed by atoms with Crippen LogP contribution in [0.25, 0.3) is 22.0 Å². The molecule has 25 heavy (non-hydrogen) atoms. The van der Waals surface area contributed by atoms with Gasteiger partial charge in [0.05, 0.1) is 6.61 Å². The average molecular weight is 358 g/mol. The third-order valence-electron chi connectivity index (χ3n) is 3.59. The zero-order valence-electron chi connectivity index (χ0n) is 13.6. The van der Waals surface area contributed by atoms with E-state index in [9.17, 15) is 9.36 Å². The summed E-state index contributed by atoms with van der Waals surface area (Å²) >= 11 is 0. The summed E-state index contributed by atoms with van der Waals surface area (Å²) < 4.78 is 26.4. The van der Waals surface area contributed by atoms with Gasteiger partial charge in [-0.3, -0.25) is 4.79 Å². The van der Waals surface area contributed by atoms with Crippen molar-refractivity contribution in [2.75, 3.05) is 20.3 Å². The predicted molar refractivity (Wildman–Crippen MR) is 96.1 cm³/mol. The van der Waals surface area contributed by atoms with Crippen LogP contribution >= 0.6 is 8.25 Å². The number of H-pyrrole nitrogens is 1. The van der Waals surface area contributed by atoms with Crippen LogP contribution in [0.1, 0.15) is 0 Å². The van der Waals surface area contributed by atoms with E-state index >= 15 is 0 Å². The second kappa shape index (κ2) is 8.03. The number of rotatable bonds is 7. The van der Waals surface area contributed by atoms with Gasteiger partial charge in [0, 0.05) is 17.4 Å². The number of hydrogen-bond donors (Lipinski definition) is 1. The number of nitrogens with one attached hydrogen (secondary N) is 1. The summed E-state index contributed by atoms with van der Waals surface area (Å²) in [5, 5.41) is 2.20. The minimum Gasteiger partial charge on any atom is -0.382 e. The van der Waals surface area contributed by atoms with Gasteiger partial charge in [-0.1, -0.05) is 36.4 Å². The Bertz CT molecular complexity index is 953. The standard InChI is InChI=1S/C18H16NO5P/c1-22-10-11-23-25(21)24-17-9-8-16(19-18(17)20)15-7-6-13-4-2-3-5-14(13)12-15/h2-9,12H,10-11H2,1H3/p+1. The minimum atomic E-state index is -2.42. The molecule has 0 amide bonds. The Hall–Kier alpha value is -2.53. The lowest BCUT2D eigenvalue weighted by atomic mass is 10.0. The van der Waals surface area contributed by atoms with Gasteiger partial charge in [-0.15, -0.1) is 4.52 Å². The molecule has 1 atom stereocenters. The second-order valence-electron chi connectivity index (χ2n) is 5.27. The number of benzene rings is 2. The molecule has 0 radical (unpaired) electrons. The second-order valence-corrected chi connectivity index (χ2v) is 6.16. The zero-order chi connectivity index (χ0) is 17.6. The SMILES string of the molecule is COCCO[P+](=O)Oc1ccc(-c2ccc3ccccc3c2)[nH]c1=O. The molecule has 6 nitrogen and oxygen atoms in total. The van der Waals surface area contributed by atoms with Crippen LogP contribution in [0.3, 0.4) is 0 Å². The van der Waals surface area contributed by atoms with E-state index in [1.54, 1.807) is 6.07 Å². The largest absolute Gasteiger partial charge is 0.750 e. The highest BCUT2D eigenvalue weighted by molar-refractivity contribution is 7.33. The van der Waals surface area contributed by atoms with Crippen molar-refractivity contribution in [3.8, 4) is 17.0 Å². The summed E-state index contributed by atoms with van der Waals surface area (Å²) in [7, 11) is -0.915. The maximum Gasteiger partial charge on any atom is 0.750 e. The number of ether oxygens (including phenoxy) is 1. The molecule has 1 aromatic heterocycles. The first-order valence-electron chi connectivity index (χ1n) is 7.67.